The van der Waals surface area contributed by atoms with Gasteiger partial charge in [0, 0.05) is 34.4 Å². The van der Waals surface area contributed by atoms with Crippen molar-refractivity contribution in [1.29, 1.82) is 0 Å². The molecule has 1 aliphatic heterocycles. The lowest BCUT2D eigenvalue weighted by Gasteiger charge is -2.25. The van der Waals surface area contributed by atoms with Crippen LogP contribution >= 0.6 is 11.6 Å². The molecule has 158 valence electrons. The molecular weight excluding hydrogens is 402 g/mol. The molecule has 0 spiro atoms. The number of rotatable bonds is 6. The lowest BCUT2D eigenvalue weighted by Crippen LogP contribution is -2.48. The summed E-state index contributed by atoms with van der Waals surface area (Å²) in [5.41, 5.74) is 1.42. The number of carbonyl (C=O) groups is 3. The minimum absolute atomic E-state index is 0.0708. The monoisotopic (exact) mass is 427 g/mol. The number of carbonyl (C=O) groups excluding carboxylic acids is 3. The van der Waals surface area contributed by atoms with E-state index in [0.29, 0.717) is 34.8 Å². The van der Waals surface area contributed by atoms with E-state index < -0.39 is 6.04 Å². The van der Waals surface area contributed by atoms with Crippen molar-refractivity contribution in [2.24, 2.45) is 0 Å². The fourth-order valence-corrected chi connectivity index (χ4v) is 3.55. The van der Waals surface area contributed by atoms with Gasteiger partial charge in [0.25, 0.3) is 11.8 Å². The highest BCUT2D eigenvalue weighted by molar-refractivity contribution is 6.30. The number of nitrogens with zero attached hydrogens (tertiary/aromatic N) is 1. The standard InChI is InChI=1S/C23H26ClN3O3/c1-3-15(2)25-22(29)20-8-5-13-27(20)23(30)17-6-4-7-19(14-17)26-21(28)16-9-11-18(24)12-10-16/h4,6-7,9-12,14-15,20H,3,5,8,13H2,1-2H3,(H,25,29)(H,26,28)/t15-,20+/m0/s1. The van der Waals surface area contributed by atoms with E-state index in [4.69, 9.17) is 11.6 Å². The van der Waals surface area contributed by atoms with E-state index in [1.165, 1.54) is 0 Å². The van der Waals surface area contributed by atoms with E-state index >= 15 is 0 Å². The van der Waals surface area contributed by atoms with Crippen LogP contribution in [0.3, 0.4) is 0 Å². The van der Waals surface area contributed by atoms with Gasteiger partial charge >= 0.3 is 0 Å². The number of hydrogen-bond donors (Lipinski definition) is 2. The van der Waals surface area contributed by atoms with Crippen molar-refractivity contribution in [3.8, 4) is 0 Å². The Bertz CT molecular complexity index is 930. The molecule has 1 heterocycles. The lowest BCUT2D eigenvalue weighted by molar-refractivity contribution is -0.125. The Morgan fingerprint density at radius 1 is 1.13 bits per heavy atom. The van der Waals surface area contributed by atoms with Gasteiger partial charge in [-0.15, -0.1) is 0 Å². The average molecular weight is 428 g/mol. The van der Waals surface area contributed by atoms with Crippen molar-refractivity contribution in [3.63, 3.8) is 0 Å². The molecule has 2 aromatic rings. The van der Waals surface area contributed by atoms with Gasteiger partial charge in [-0.05, 0) is 68.7 Å². The van der Waals surface area contributed by atoms with Crippen LogP contribution in [-0.4, -0.2) is 41.2 Å². The maximum absolute atomic E-state index is 13.1. The molecule has 30 heavy (non-hydrogen) atoms. The van der Waals surface area contributed by atoms with E-state index in [2.05, 4.69) is 10.6 Å². The van der Waals surface area contributed by atoms with Crippen molar-refractivity contribution >= 4 is 35.0 Å². The maximum Gasteiger partial charge on any atom is 0.255 e. The van der Waals surface area contributed by atoms with Crippen LogP contribution in [0.5, 0.6) is 0 Å². The quantitative estimate of drug-likeness (QED) is 0.728. The molecule has 0 unspecified atom stereocenters. The summed E-state index contributed by atoms with van der Waals surface area (Å²) < 4.78 is 0. The van der Waals surface area contributed by atoms with Gasteiger partial charge in [-0.1, -0.05) is 24.6 Å². The van der Waals surface area contributed by atoms with Gasteiger partial charge in [0.2, 0.25) is 5.91 Å². The smallest absolute Gasteiger partial charge is 0.255 e. The van der Waals surface area contributed by atoms with Crippen LogP contribution in [0.15, 0.2) is 48.5 Å². The molecule has 3 rings (SSSR count). The van der Waals surface area contributed by atoms with Crippen LogP contribution in [0.25, 0.3) is 0 Å². The number of amides is 3. The van der Waals surface area contributed by atoms with Crippen LogP contribution in [0.1, 0.15) is 53.8 Å². The van der Waals surface area contributed by atoms with Crippen molar-refractivity contribution in [2.75, 3.05) is 11.9 Å². The van der Waals surface area contributed by atoms with Crippen LogP contribution < -0.4 is 10.6 Å². The summed E-state index contributed by atoms with van der Waals surface area (Å²) in [6.07, 6.45) is 2.28. The molecule has 7 heteroatoms. The van der Waals surface area contributed by atoms with Gasteiger partial charge in [-0.2, -0.15) is 0 Å². The molecule has 2 aromatic carbocycles. The summed E-state index contributed by atoms with van der Waals surface area (Å²) in [5.74, 6) is -0.606. The molecule has 3 amide bonds. The molecule has 6 nitrogen and oxygen atoms in total. The molecular formula is C23H26ClN3O3. The SMILES string of the molecule is CC[C@H](C)NC(=O)[C@H]1CCCN1C(=O)c1cccc(NC(=O)c2ccc(Cl)cc2)c1. The fraction of sp³-hybridized carbons (Fsp3) is 0.348. The third-order valence-corrected chi connectivity index (χ3v) is 5.54. The van der Waals surface area contributed by atoms with Gasteiger partial charge in [0.15, 0.2) is 0 Å². The Kier molecular flexibility index (Phi) is 7.11. The predicted molar refractivity (Wildman–Crippen MR) is 118 cm³/mol. The first-order valence-electron chi connectivity index (χ1n) is 10.2. The molecule has 2 atom stereocenters. The Labute approximate surface area is 181 Å². The number of hydrogen-bond acceptors (Lipinski definition) is 3. The van der Waals surface area contributed by atoms with Crippen molar-refractivity contribution in [3.05, 3.63) is 64.7 Å². The summed E-state index contributed by atoms with van der Waals surface area (Å²) in [7, 11) is 0. The van der Waals surface area contributed by atoms with Crippen molar-refractivity contribution < 1.29 is 14.4 Å². The Morgan fingerprint density at radius 3 is 2.57 bits per heavy atom. The first-order chi connectivity index (χ1) is 14.4. The van der Waals surface area contributed by atoms with Gasteiger partial charge in [-0.25, -0.2) is 0 Å². The summed E-state index contributed by atoms with van der Waals surface area (Å²) in [5, 5.41) is 6.32. The summed E-state index contributed by atoms with van der Waals surface area (Å²) in [6, 6.07) is 13.0. The van der Waals surface area contributed by atoms with E-state index in [-0.39, 0.29) is 23.8 Å². The minimum Gasteiger partial charge on any atom is -0.352 e. The Hall–Kier alpha value is -2.86. The third kappa shape index (κ3) is 5.19. The van der Waals surface area contributed by atoms with E-state index in [0.717, 1.165) is 12.8 Å². The van der Waals surface area contributed by atoms with Gasteiger partial charge in [-0.3, -0.25) is 14.4 Å². The van der Waals surface area contributed by atoms with E-state index in [1.807, 2.05) is 13.8 Å². The Balaban J connectivity index is 1.71. The first kappa shape index (κ1) is 21.8. The molecule has 1 saturated heterocycles. The van der Waals surface area contributed by atoms with Crippen LogP contribution in [0, 0.1) is 0 Å². The van der Waals surface area contributed by atoms with Crippen molar-refractivity contribution in [1.82, 2.24) is 10.2 Å². The summed E-state index contributed by atoms with van der Waals surface area (Å²) in [4.78, 5) is 39.7. The van der Waals surface area contributed by atoms with Crippen LogP contribution in [-0.2, 0) is 4.79 Å². The molecule has 2 N–H and O–H groups in total. The summed E-state index contributed by atoms with van der Waals surface area (Å²) in [6.45, 7) is 4.50. The number of benzene rings is 2. The number of nitrogens with one attached hydrogen (secondary N) is 2. The second kappa shape index (κ2) is 9.76. The minimum atomic E-state index is -0.459. The number of likely N-dealkylation sites (tertiary alicyclic amines) is 1. The highest BCUT2D eigenvalue weighted by Gasteiger charge is 2.34. The second-order valence-electron chi connectivity index (χ2n) is 7.52. The van der Waals surface area contributed by atoms with Crippen molar-refractivity contribution in [2.45, 2.75) is 45.2 Å². The average Bonchev–Trinajstić information content (AvgIpc) is 3.23. The second-order valence-corrected chi connectivity index (χ2v) is 7.95. The predicted octanol–water partition coefficient (Wildman–Crippen LogP) is 4.11. The molecule has 1 aliphatic rings. The van der Waals surface area contributed by atoms with Gasteiger partial charge < -0.3 is 15.5 Å². The molecule has 0 radical (unpaired) electrons. The number of halogens is 1. The van der Waals surface area contributed by atoms with Crippen LogP contribution in [0.4, 0.5) is 5.69 Å². The van der Waals surface area contributed by atoms with Crippen LogP contribution in [0.2, 0.25) is 5.02 Å². The normalized spacial score (nSPS) is 16.8. The third-order valence-electron chi connectivity index (χ3n) is 5.29. The molecule has 0 aliphatic carbocycles. The zero-order chi connectivity index (χ0) is 21.7. The molecule has 0 saturated carbocycles. The first-order valence-corrected chi connectivity index (χ1v) is 10.5. The van der Waals surface area contributed by atoms with E-state index in [1.54, 1.807) is 53.4 Å². The molecule has 1 fully saturated rings. The highest BCUT2D eigenvalue weighted by atomic mass is 35.5. The van der Waals surface area contributed by atoms with Gasteiger partial charge in [0.05, 0.1) is 0 Å². The lowest BCUT2D eigenvalue weighted by atomic mass is 10.1. The maximum atomic E-state index is 13.1. The number of anilines is 1. The Morgan fingerprint density at radius 2 is 1.87 bits per heavy atom. The zero-order valence-electron chi connectivity index (χ0n) is 17.2. The largest absolute Gasteiger partial charge is 0.352 e. The topological polar surface area (TPSA) is 78.5 Å². The summed E-state index contributed by atoms with van der Waals surface area (Å²) >= 11 is 5.86. The highest BCUT2D eigenvalue weighted by Crippen LogP contribution is 2.22. The molecule has 0 bridgehead atoms. The molecule has 0 aromatic heterocycles. The van der Waals surface area contributed by atoms with Gasteiger partial charge in [0.1, 0.15) is 6.04 Å². The zero-order valence-corrected chi connectivity index (χ0v) is 17.9. The van der Waals surface area contributed by atoms with E-state index in [9.17, 15) is 14.4 Å². The fourth-order valence-electron chi connectivity index (χ4n) is 3.42.